The van der Waals surface area contributed by atoms with Crippen LogP contribution in [0.15, 0.2) is 81.6 Å². The molecule has 0 atom stereocenters. The fourth-order valence-corrected chi connectivity index (χ4v) is 4.60. The van der Waals surface area contributed by atoms with Crippen LogP contribution in [0.4, 0.5) is 5.69 Å². The van der Waals surface area contributed by atoms with Gasteiger partial charge in [0.25, 0.3) is 5.56 Å². The highest BCUT2D eigenvalue weighted by Gasteiger charge is 2.15. The molecule has 32 heavy (non-hydrogen) atoms. The van der Waals surface area contributed by atoms with E-state index >= 15 is 0 Å². The van der Waals surface area contributed by atoms with Gasteiger partial charge in [-0.05, 0) is 73.7 Å². The standard InChI is InChI=1S/C25H23N3O2S2/c1-16-11-12-19(13-17(16)2)28-24(30)21-9-4-5-10-22(21)27-25(28)32-15-23(29)26-18-7-6-8-20(14-18)31-3/h4-14H,15H2,1-3H3,(H,26,29). The molecule has 0 bridgehead atoms. The molecule has 162 valence electrons. The predicted octanol–water partition coefficient (Wildman–Crippen LogP) is 5.46. The second kappa shape index (κ2) is 9.63. The average Bonchev–Trinajstić information content (AvgIpc) is 2.80. The second-order valence-electron chi connectivity index (χ2n) is 7.39. The number of para-hydroxylation sites is 1. The first kappa shape index (κ1) is 22.2. The maximum absolute atomic E-state index is 13.4. The lowest BCUT2D eigenvalue weighted by Gasteiger charge is -2.14. The second-order valence-corrected chi connectivity index (χ2v) is 9.21. The van der Waals surface area contributed by atoms with Gasteiger partial charge in [-0.2, -0.15) is 0 Å². The van der Waals surface area contributed by atoms with Gasteiger partial charge in [0.2, 0.25) is 5.91 Å². The number of aryl methyl sites for hydroxylation is 2. The number of anilines is 1. The lowest BCUT2D eigenvalue weighted by molar-refractivity contribution is -0.113. The Balaban J connectivity index is 1.67. The zero-order valence-electron chi connectivity index (χ0n) is 18.1. The van der Waals surface area contributed by atoms with E-state index in [1.54, 1.807) is 22.4 Å². The SMILES string of the molecule is CSc1cccc(NC(=O)CSc2nc3ccccc3c(=O)n2-c2ccc(C)c(C)c2)c1. The van der Waals surface area contributed by atoms with Crippen molar-refractivity contribution in [1.82, 2.24) is 9.55 Å². The van der Waals surface area contributed by atoms with Gasteiger partial charge < -0.3 is 5.32 Å². The van der Waals surface area contributed by atoms with Crippen molar-refractivity contribution in [2.24, 2.45) is 0 Å². The van der Waals surface area contributed by atoms with Crippen molar-refractivity contribution in [3.05, 3.63) is 88.2 Å². The van der Waals surface area contributed by atoms with Crippen molar-refractivity contribution in [2.45, 2.75) is 23.9 Å². The molecule has 0 aliphatic heterocycles. The van der Waals surface area contributed by atoms with E-state index in [0.29, 0.717) is 16.1 Å². The molecule has 0 aliphatic carbocycles. The van der Waals surface area contributed by atoms with Gasteiger partial charge in [-0.3, -0.25) is 14.2 Å². The number of carbonyl (C=O) groups is 1. The summed E-state index contributed by atoms with van der Waals surface area (Å²) in [6.45, 7) is 4.05. The fourth-order valence-electron chi connectivity index (χ4n) is 3.33. The molecule has 0 saturated heterocycles. The Morgan fingerprint density at radius 2 is 1.81 bits per heavy atom. The predicted molar refractivity (Wildman–Crippen MR) is 134 cm³/mol. The van der Waals surface area contributed by atoms with Gasteiger partial charge in [-0.25, -0.2) is 4.98 Å². The molecular formula is C25H23N3O2S2. The summed E-state index contributed by atoms with van der Waals surface area (Å²) in [6.07, 6.45) is 1.99. The van der Waals surface area contributed by atoms with E-state index in [-0.39, 0.29) is 17.2 Å². The first-order valence-electron chi connectivity index (χ1n) is 10.1. The topological polar surface area (TPSA) is 64.0 Å². The molecule has 0 saturated carbocycles. The highest BCUT2D eigenvalue weighted by Crippen LogP contribution is 2.24. The minimum Gasteiger partial charge on any atom is -0.325 e. The zero-order valence-corrected chi connectivity index (χ0v) is 19.7. The van der Waals surface area contributed by atoms with Crippen molar-refractivity contribution in [3.8, 4) is 5.69 Å². The summed E-state index contributed by atoms with van der Waals surface area (Å²) in [7, 11) is 0. The largest absolute Gasteiger partial charge is 0.325 e. The van der Waals surface area contributed by atoms with E-state index in [1.165, 1.54) is 11.8 Å². The molecule has 7 heteroatoms. The van der Waals surface area contributed by atoms with Gasteiger partial charge in [0, 0.05) is 10.6 Å². The number of fused-ring (bicyclic) bond motifs is 1. The van der Waals surface area contributed by atoms with E-state index in [4.69, 9.17) is 4.98 Å². The van der Waals surface area contributed by atoms with E-state index in [2.05, 4.69) is 5.32 Å². The lowest BCUT2D eigenvalue weighted by Crippen LogP contribution is -2.23. The molecule has 0 unspecified atom stereocenters. The monoisotopic (exact) mass is 461 g/mol. The van der Waals surface area contributed by atoms with Crippen LogP contribution in [0, 0.1) is 13.8 Å². The van der Waals surface area contributed by atoms with Crippen molar-refractivity contribution < 1.29 is 4.79 Å². The molecule has 4 aromatic rings. The highest BCUT2D eigenvalue weighted by atomic mass is 32.2. The summed E-state index contributed by atoms with van der Waals surface area (Å²) in [5.74, 6) is -0.0126. The van der Waals surface area contributed by atoms with Crippen LogP contribution in [-0.2, 0) is 4.79 Å². The molecule has 0 aliphatic rings. The molecule has 1 heterocycles. The average molecular weight is 462 g/mol. The first-order chi connectivity index (χ1) is 15.5. The van der Waals surface area contributed by atoms with Crippen molar-refractivity contribution in [3.63, 3.8) is 0 Å². The van der Waals surface area contributed by atoms with Crippen molar-refractivity contribution >= 4 is 46.0 Å². The first-order valence-corrected chi connectivity index (χ1v) is 12.3. The molecule has 5 nitrogen and oxygen atoms in total. The number of aromatic nitrogens is 2. The Morgan fingerprint density at radius 1 is 1.00 bits per heavy atom. The van der Waals surface area contributed by atoms with E-state index in [1.807, 2.05) is 80.8 Å². The summed E-state index contributed by atoms with van der Waals surface area (Å²) in [6, 6.07) is 20.9. The Labute approximate surface area is 195 Å². The Bertz CT molecular complexity index is 1370. The van der Waals surface area contributed by atoms with Gasteiger partial charge in [-0.15, -0.1) is 11.8 Å². The van der Waals surface area contributed by atoms with Crippen LogP contribution in [0.5, 0.6) is 0 Å². The number of carbonyl (C=O) groups excluding carboxylic acids is 1. The number of nitrogens with zero attached hydrogens (tertiary/aromatic N) is 2. The van der Waals surface area contributed by atoms with Gasteiger partial charge in [0.1, 0.15) is 0 Å². The van der Waals surface area contributed by atoms with Crippen LogP contribution in [0.25, 0.3) is 16.6 Å². The van der Waals surface area contributed by atoms with Gasteiger partial charge in [-0.1, -0.05) is 36.0 Å². The number of nitrogens with one attached hydrogen (secondary N) is 1. The molecule has 1 aromatic heterocycles. The zero-order chi connectivity index (χ0) is 22.7. The number of hydrogen-bond acceptors (Lipinski definition) is 5. The third-order valence-electron chi connectivity index (χ3n) is 5.18. The maximum Gasteiger partial charge on any atom is 0.266 e. The molecule has 4 rings (SSSR count). The fraction of sp³-hybridized carbons (Fsp3) is 0.160. The van der Waals surface area contributed by atoms with Gasteiger partial charge in [0.15, 0.2) is 5.16 Å². The van der Waals surface area contributed by atoms with E-state index < -0.39 is 0 Å². The third-order valence-corrected chi connectivity index (χ3v) is 6.84. The molecule has 1 amide bonds. The van der Waals surface area contributed by atoms with Crippen molar-refractivity contribution in [2.75, 3.05) is 17.3 Å². The quantitative estimate of drug-likeness (QED) is 0.305. The summed E-state index contributed by atoms with van der Waals surface area (Å²) >= 11 is 2.87. The summed E-state index contributed by atoms with van der Waals surface area (Å²) in [5, 5.41) is 3.97. The third kappa shape index (κ3) is 4.74. The Morgan fingerprint density at radius 3 is 2.59 bits per heavy atom. The van der Waals surface area contributed by atoms with Crippen LogP contribution in [0.3, 0.4) is 0 Å². The molecule has 1 N–H and O–H groups in total. The van der Waals surface area contributed by atoms with Crippen LogP contribution >= 0.6 is 23.5 Å². The number of benzene rings is 3. The molecule has 0 radical (unpaired) electrons. The normalized spacial score (nSPS) is 11.0. The maximum atomic E-state index is 13.4. The molecule has 0 fully saturated rings. The lowest BCUT2D eigenvalue weighted by atomic mass is 10.1. The Hall–Kier alpha value is -3.03. The highest BCUT2D eigenvalue weighted by molar-refractivity contribution is 7.99. The van der Waals surface area contributed by atoms with Crippen LogP contribution < -0.4 is 10.9 Å². The van der Waals surface area contributed by atoms with Crippen LogP contribution in [0.2, 0.25) is 0 Å². The summed E-state index contributed by atoms with van der Waals surface area (Å²) < 4.78 is 1.60. The number of hydrogen-bond donors (Lipinski definition) is 1. The van der Waals surface area contributed by atoms with Gasteiger partial charge in [0.05, 0.1) is 22.3 Å². The van der Waals surface area contributed by atoms with E-state index in [0.717, 1.165) is 27.4 Å². The van der Waals surface area contributed by atoms with Gasteiger partial charge >= 0.3 is 0 Å². The Kier molecular flexibility index (Phi) is 6.67. The van der Waals surface area contributed by atoms with E-state index in [9.17, 15) is 9.59 Å². The number of rotatable bonds is 6. The number of thioether (sulfide) groups is 2. The summed E-state index contributed by atoms with van der Waals surface area (Å²) in [5.41, 5.74) is 4.21. The van der Waals surface area contributed by atoms with Crippen LogP contribution in [-0.4, -0.2) is 27.5 Å². The minimum atomic E-state index is -0.151. The minimum absolute atomic E-state index is 0.138. The van der Waals surface area contributed by atoms with Crippen molar-refractivity contribution in [1.29, 1.82) is 0 Å². The summed E-state index contributed by atoms with van der Waals surface area (Å²) in [4.78, 5) is 31.8. The molecule has 0 spiro atoms. The number of amides is 1. The smallest absolute Gasteiger partial charge is 0.266 e. The molecular weight excluding hydrogens is 438 g/mol. The molecule has 3 aromatic carbocycles. The van der Waals surface area contributed by atoms with Crippen LogP contribution in [0.1, 0.15) is 11.1 Å².